The van der Waals surface area contributed by atoms with Crippen LogP contribution in [0.15, 0.2) is 71.1 Å². The summed E-state index contributed by atoms with van der Waals surface area (Å²) in [5.74, 6) is 0. The maximum atomic E-state index is 5.70. The van der Waals surface area contributed by atoms with E-state index in [4.69, 9.17) is 4.42 Å². The minimum atomic E-state index is 0.516. The maximum absolute atomic E-state index is 5.70. The average molecular weight is 260 g/mol. The molecule has 20 heavy (non-hydrogen) atoms. The lowest BCUT2D eigenvalue weighted by molar-refractivity contribution is 0.623. The van der Waals surface area contributed by atoms with Crippen LogP contribution in [0.2, 0.25) is 0 Å². The molecule has 1 heterocycles. The normalized spacial score (nSPS) is 11.0. The van der Waals surface area contributed by atoms with E-state index < -0.39 is 0 Å². The van der Waals surface area contributed by atoms with Gasteiger partial charge in [0, 0.05) is 5.39 Å². The van der Waals surface area contributed by atoms with Crippen LogP contribution in [0.4, 0.5) is 11.7 Å². The first-order valence-corrected chi connectivity index (χ1v) is 6.50. The number of rotatable bonds is 2. The highest BCUT2D eigenvalue weighted by Gasteiger charge is 2.06. The SMILES string of the molecule is c1ccc2c(Nc3nc4ccccc4o3)cccc2c1. The molecule has 3 heteroatoms. The number of nitrogens with one attached hydrogen (secondary N) is 1. The van der Waals surface area contributed by atoms with E-state index in [1.165, 1.54) is 5.39 Å². The predicted octanol–water partition coefficient (Wildman–Crippen LogP) is 4.72. The summed E-state index contributed by atoms with van der Waals surface area (Å²) in [6, 6.07) is 22.6. The van der Waals surface area contributed by atoms with Gasteiger partial charge in [-0.15, -0.1) is 0 Å². The van der Waals surface area contributed by atoms with Crippen molar-refractivity contribution < 1.29 is 4.42 Å². The predicted molar refractivity (Wildman–Crippen MR) is 81.2 cm³/mol. The summed E-state index contributed by atoms with van der Waals surface area (Å²) < 4.78 is 5.70. The van der Waals surface area contributed by atoms with Gasteiger partial charge in [-0.3, -0.25) is 0 Å². The number of anilines is 2. The van der Waals surface area contributed by atoms with Crippen molar-refractivity contribution in [1.82, 2.24) is 4.98 Å². The molecule has 0 spiro atoms. The van der Waals surface area contributed by atoms with E-state index in [0.717, 1.165) is 22.2 Å². The van der Waals surface area contributed by atoms with Gasteiger partial charge >= 0.3 is 0 Å². The third-order valence-electron chi connectivity index (χ3n) is 3.33. The monoisotopic (exact) mass is 260 g/mol. The Hall–Kier alpha value is -2.81. The Morgan fingerprint density at radius 2 is 1.60 bits per heavy atom. The van der Waals surface area contributed by atoms with E-state index in [1.54, 1.807) is 0 Å². The van der Waals surface area contributed by atoms with Gasteiger partial charge in [0.2, 0.25) is 0 Å². The molecular weight excluding hydrogens is 248 g/mol. The van der Waals surface area contributed by atoms with Gasteiger partial charge in [-0.25, -0.2) is 0 Å². The molecule has 0 bridgehead atoms. The molecule has 0 saturated carbocycles. The van der Waals surface area contributed by atoms with Crippen molar-refractivity contribution in [2.24, 2.45) is 0 Å². The molecule has 0 aliphatic heterocycles. The third-order valence-corrected chi connectivity index (χ3v) is 3.33. The first-order chi connectivity index (χ1) is 9.90. The lowest BCUT2D eigenvalue weighted by Gasteiger charge is -2.05. The highest BCUT2D eigenvalue weighted by atomic mass is 16.4. The maximum Gasteiger partial charge on any atom is 0.300 e. The largest absolute Gasteiger partial charge is 0.423 e. The van der Waals surface area contributed by atoms with E-state index in [0.29, 0.717) is 6.01 Å². The van der Waals surface area contributed by atoms with Gasteiger partial charge in [-0.05, 0) is 23.6 Å². The highest BCUT2D eigenvalue weighted by molar-refractivity contribution is 5.95. The minimum Gasteiger partial charge on any atom is -0.423 e. The molecule has 4 rings (SSSR count). The molecule has 0 saturated heterocycles. The smallest absolute Gasteiger partial charge is 0.300 e. The summed E-state index contributed by atoms with van der Waals surface area (Å²) in [6.45, 7) is 0. The summed E-state index contributed by atoms with van der Waals surface area (Å²) in [6.07, 6.45) is 0. The molecule has 0 unspecified atom stereocenters. The molecule has 0 atom stereocenters. The van der Waals surface area contributed by atoms with E-state index >= 15 is 0 Å². The molecule has 96 valence electrons. The molecule has 4 aromatic rings. The number of hydrogen-bond acceptors (Lipinski definition) is 3. The van der Waals surface area contributed by atoms with Crippen LogP contribution in [-0.4, -0.2) is 4.98 Å². The fourth-order valence-electron chi connectivity index (χ4n) is 2.38. The first kappa shape index (κ1) is 11.1. The molecule has 0 aliphatic carbocycles. The third kappa shape index (κ3) is 1.80. The van der Waals surface area contributed by atoms with Gasteiger partial charge in [0.15, 0.2) is 5.58 Å². The van der Waals surface area contributed by atoms with Crippen molar-refractivity contribution in [3.63, 3.8) is 0 Å². The van der Waals surface area contributed by atoms with Crippen LogP contribution < -0.4 is 5.32 Å². The van der Waals surface area contributed by atoms with Crippen molar-refractivity contribution in [1.29, 1.82) is 0 Å². The van der Waals surface area contributed by atoms with Crippen molar-refractivity contribution in [2.75, 3.05) is 5.32 Å². The van der Waals surface area contributed by atoms with Crippen molar-refractivity contribution in [3.8, 4) is 0 Å². The topological polar surface area (TPSA) is 38.1 Å². The van der Waals surface area contributed by atoms with Crippen LogP contribution in [0.1, 0.15) is 0 Å². The average Bonchev–Trinajstić information content (AvgIpc) is 2.90. The Morgan fingerprint density at radius 3 is 2.55 bits per heavy atom. The Balaban J connectivity index is 1.80. The van der Waals surface area contributed by atoms with Crippen LogP contribution in [0.5, 0.6) is 0 Å². The summed E-state index contributed by atoms with van der Waals surface area (Å²) in [5, 5.41) is 5.60. The molecule has 0 aliphatic rings. The standard InChI is InChI=1S/C17H12N2O/c1-2-8-13-12(6-1)7-5-10-14(13)18-17-19-15-9-3-4-11-16(15)20-17/h1-11H,(H,18,19). The van der Waals surface area contributed by atoms with Crippen LogP contribution in [0.25, 0.3) is 21.9 Å². The summed E-state index contributed by atoms with van der Waals surface area (Å²) in [5.41, 5.74) is 2.64. The second-order valence-electron chi connectivity index (χ2n) is 4.64. The molecule has 0 amide bonds. The van der Waals surface area contributed by atoms with Crippen LogP contribution in [-0.2, 0) is 0 Å². The van der Waals surface area contributed by atoms with E-state index in [1.807, 2.05) is 48.5 Å². The van der Waals surface area contributed by atoms with Crippen LogP contribution in [0.3, 0.4) is 0 Å². The lowest BCUT2D eigenvalue weighted by atomic mass is 10.1. The summed E-state index contributed by atoms with van der Waals surface area (Å²) in [4.78, 5) is 4.44. The quantitative estimate of drug-likeness (QED) is 0.566. The number of oxazole rings is 1. The van der Waals surface area contributed by atoms with Gasteiger partial charge in [-0.1, -0.05) is 48.5 Å². The molecule has 3 nitrogen and oxygen atoms in total. The fourth-order valence-corrected chi connectivity index (χ4v) is 2.38. The molecule has 1 aromatic heterocycles. The fraction of sp³-hybridized carbons (Fsp3) is 0. The number of benzene rings is 3. The van der Waals surface area contributed by atoms with Gasteiger partial charge in [0.05, 0.1) is 5.69 Å². The molecule has 0 radical (unpaired) electrons. The van der Waals surface area contributed by atoms with Crippen molar-refractivity contribution in [2.45, 2.75) is 0 Å². The zero-order chi connectivity index (χ0) is 13.4. The van der Waals surface area contributed by atoms with Crippen molar-refractivity contribution in [3.05, 3.63) is 66.7 Å². The number of hydrogen-bond donors (Lipinski definition) is 1. The van der Waals surface area contributed by atoms with Gasteiger partial charge in [0.1, 0.15) is 5.52 Å². The van der Waals surface area contributed by atoms with Gasteiger partial charge < -0.3 is 9.73 Å². The van der Waals surface area contributed by atoms with E-state index in [9.17, 15) is 0 Å². The van der Waals surface area contributed by atoms with Crippen molar-refractivity contribution >= 4 is 33.6 Å². The Kier molecular flexibility index (Phi) is 2.42. The molecule has 1 N–H and O–H groups in total. The van der Waals surface area contributed by atoms with E-state index in [-0.39, 0.29) is 0 Å². The Labute approximate surface area is 115 Å². The highest BCUT2D eigenvalue weighted by Crippen LogP contribution is 2.27. The zero-order valence-electron chi connectivity index (χ0n) is 10.7. The Morgan fingerprint density at radius 1 is 0.800 bits per heavy atom. The number of fused-ring (bicyclic) bond motifs is 2. The zero-order valence-corrected chi connectivity index (χ0v) is 10.7. The number of aromatic nitrogens is 1. The summed E-state index contributed by atoms with van der Waals surface area (Å²) in [7, 11) is 0. The molecular formula is C17H12N2O. The second-order valence-corrected chi connectivity index (χ2v) is 4.64. The molecule has 3 aromatic carbocycles. The van der Waals surface area contributed by atoms with Gasteiger partial charge in [-0.2, -0.15) is 4.98 Å². The number of para-hydroxylation sites is 2. The van der Waals surface area contributed by atoms with E-state index in [2.05, 4.69) is 28.5 Å². The van der Waals surface area contributed by atoms with Gasteiger partial charge in [0.25, 0.3) is 6.01 Å². The second kappa shape index (κ2) is 4.38. The number of nitrogens with zero attached hydrogens (tertiary/aromatic N) is 1. The minimum absolute atomic E-state index is 0.516. The first-order valence-electron chi connectivity index (χ1n) is 6.50. The van der Waals surface area contributed by atoms with Crippen LogP contribution in [0, 0.1) is 0 Å². The molecule has 0 fully saturated rings. The lowest BCUT2D eigenvalue weighted by Crippen LogP contribution is -1.91. The van der Waals surface area contributed by atoms with Crippen LogP contribution >= 0.6 is 0 Å². The summed E-state index contributed by atoms with van der Waals surface area (Å²) >= 11 is 0. The Bertz CT molecular complexity index is 857.